The molecule has 1 aromatic heterocycles. The average Bonchev–Trinajstić information content (AvgIpc) is 2.90. The highest BCUT2D eigenvalue weighted by Gasteiger charge is 2.31. The van der Waals surface area contributed by atoms with Crippen molar-refractivity contribution in [1.82, 2.24) is 9.88 Å². The average molecular weight is 562 g/mol. The van der Waals surface area contributed by atoms with E-state index < -0.39 is 12.1 Å². The minimum Gasteiger partial charge on any atom is -0.497 e. The number of likely N-dealkylation sites (tertiary alicyclic amines) is 1. The number of methoxy groups -OCH3 is 1. The molecule has 0 radical (unpaired) electrons. The first kappa shape index (κ1) is 28.6. The number of carboxylic acids is 1. The maximum Gasteiger partial charge on any atom is 0.303 e. The number of halogens is 3. The maximum atomic E-state index is 15.5. The Morgan fingerprint density at radius 3 is 2.71 bits per heavy atom. The smallest absolute Gasteiger partial charge is 0.303 e. The van der Waals surface area contributed by atoms with E-state index in [-0.39, 0.29) is 18.3 Å². The third-order valence-electron chi connectivity index (χ3n) is 7.74. The van der Waals surface area contributed by atoms with E-state index in [0.717, 1.165) is 61.8 Å². The van der Waals surface area contributed by atoms with Crippen LogP contribution in [0, 0.1) is 11.8 Å². The maximum absolute atomic E-state index is 15.5. The Bertz CT molecular complexity index is 1220. The Morgan fingerprint density at radius 1 is 1.18 bits per heavy atom. The molecule has 204 valence electrons. The molecule has 1 N–H and O–H groups in total. The van der Waals surface area contributed by atoms with E-state index in [1.165, 1.54) is 0 Å². The molecule has 1 aliphatic rings. The molecular formula is C30H35Cl2FN2O3. The number of hydrogen-bond donors (Lipinski definition) is 1. The number of ether oxygens (including phenoxy) is 1. The Morgan fingerprint density at radius 2 is 1.97 bits per heavy atom. The number of pyridine rings is 1. The molecule has 38 heavy (non-hydrogen) atoms. The van der Waals surface area contributed by atoms with Gasteiger partial charge in [-0.1, -0.05) is 29.3 Å². The second-order valence-electron chi connectivity index (χ2n) is 10.2. The zero-order chi connectivity index (χ0) is 27.1. The first-order valence-electron chi connectivity index (χ1n) is 13.3. The van der Waals surface area contributed by atoms with Crippen LogP contribution in [0.5, 0.6) is 5.75 Å². The minimum absolute atomic E-state index is 0.0146. The minimum atomic E-state index is -1.15. The fourth-order valence-electron chi connectivity index (χ4n) is 5.67. The topological polar surface area (TPSA) is 62.7 Å². The van der Waals surface area contributed by atoms with Crippen LogP contribution in [0.15, 0.2) is 48.7 Å². The molecule has 1 unspecified atom stereocenters. The lowest BCUT2D eigenvalue weighted by molar-refractivity contribution is -0.139. The summed E-state index contributed by atoms with van der Waals surface area (Å²) in [5.74, 6) is 0.0768. The summed E-state index contributed by atoms with van der Waals surface area (Å²) in [5.41, 5.74) is 2.33. The molecule has 0 aliphatic carbocycles. The number of hydrogen-bond acceptors (Lipinski definition) is 4. The molecule has 0 saturated carbocycles. The van der Waals surface area contributed by atoms with Gasteiger partial charge in [-0.2, -0.15) is 0 Å². The zero-order valence-electron chi connectivity index (χ0n) is 21.7. The molecule has 0 bridgehead atoms. The van der Waals surface area contributed by atoms with Crippen LogP contribution in [0.4, 0.5) is 4.39 Å². The molecule has 2 aromatic carbocycles. The van der Waals surface area contributed by atoms with Gasteiger partial charge < -0.3 is 14.7 Å². The summed E-state index contributed by atoms with van der Waals surface area (Å²) in [5, 5.41) is 11.7. The standard InChI is InChI=1S/C30H35Cl2FN2O3/c1-38-22-9-11-29-25(18-22)23(12-14-34-29)28(33)10-8-20-13-16-35(19-21(20)17-30(36)37)15-3-2-5-24-26(31)6-4-7-27(24)32/h4,6-7,9,11-12,14,18,20-21,28H,2-3,5,8,10,13,15-17,19H2,1H3,(H,36,37)/t20-,21+,28?/m1/s1. The van der Waals surface area contributed by atoms with Gasteiger partial charge in [0, 0.05) is 34.6 Å². The van der Waals surface area contributed by atoms with E-state index >= 15 is 4.39 Å². The summed E-state index contributed by atoms with van der Waals surface area (Å²) in [6.45, 7) is 2.54. The number of aromatic nitrogens is 1. The molecule has 5 nitrogen and oxygen atoms in total. The van der Waals surface area contributed by atoms with Crippen LogP contribution in [-0.2, 0) is 11.2 Å². The number of fused-ring (bicyclic) bond motifs is 1. The van der Waals surface area contributed by atoms with Gasteiger partial charge in [0.2, 0.25) is 0 Å². The lowest BCUT2D eigenvalue weighted by Gasteiger charge is -2.38. The van der Waals surface area contributed by atoms with Gasteiger partial charge in [-0.05, 0) is 111 Å². The van der Waals surface area contributed by atoms with Crippen LogP contribution in [0.25, 0.3) is 10.9 Å². The van der Waals surface area contributed by atoms with Crippen molar-refractivity contribution in [2.45, 2.75) is 51.1 Å². The lowest BCUT2D eigenvalue weighted by atomic mass is 9.79. The molecule has 3 atom stereocenters. The fraction of sp³-hybridized carbons (Fsp3) is 0.467. The molecule has 8 heteroatoms. The Kier molecular flexibility index (Phi) is 10.2. The number of nitrogens with zero attached hydrogens (tertiary/aromatic N) is 2. The van der Waals surface area contributed by atoms with Crippen molar-refractivity contribution >= 4 is 40.1 Å². The van der Waals surface area contributed by atoms with Gasteiger partial charge in [0.15, 0.2) is 0 Å². The molecule has 0 spiro atoms. The van der Waals surface area contributed by atoms with E-state index in [2.05, 4.69) is 9.88 Å². The fourth-order valence-corrected chi connectivity index (χ4v) is 6.25. The summed E-state index contributed by atoms with van der Waals surface area (Å²) < 4.78 is 20.8. The Hall–Kier alpha value is -2.41. The van der Waals surface area contributed by atoms with Crippen molar-refractivity contribution in [3.63, 3.8) is 0 Å². The van der Waals surface area contributed by atoms with Crippen molar-refractivity contribution in [2.75, 3.05) is 26.7 Å². The van der Waals surface area contributed by atoms with Gasteiger partial charge >= 0.3 is 5.97 Å². The van der Waals surface area contributed by atoms with E-state index in [4.69, 9.17) is 27.9 Å². The highest BCUT2D eigenvalue weighted by Crippen LogP contribution is 2.36. The third kappa shape index (κ3) is 7.37. The van der Waals surface area contributed by atoms with Gasteiger partial charge in [0.1, 0.15) is 11.9 Å². The zero-order valence-corrected chi connectivity index (χ0v) is 23.2. The second-order valence-corrected chi connectivity index (χ2v) is 11.0. The summed E-state index contributed by atoms with van der Waals surface area (Å²) in [6.07, 6.45) is 5.27. The first-order chi connectivity index (χ1) is 18.4. The number of alkyl halides is 1. The highest BCUT2D eigenvalue weighted by atomic mass is 35.5. The van der Waals surface area contributed by atoms with Crippen molar-refractivity contribution in [3.8, 4) is 5.75 Å². The van der Waals surface area contributed by atoms with Gasteiger partial charge in [0.05, 0.1) is 12.6 Å². The monoisotopic (exact) mass is 560 g/mol. The van der Waals surface area contributed by atoms with Gasteiger partial charge in [0.25, 0.3) is 0 Å². The molecule has 3 aromatic rings. The quantitative estimate of drug-likeness (QED) is 0.229. The number of carboxylic acid groups (broad SMARTS) is 1. The highest BCUT2D eigenvalue weighted by molar-refractivity contribution is 6.35. The molecule has 1 aliphatic heterocycles. The van der Waals surface area contributed by atoms with Gasteiger partial charge in [-0.15, -0.1) is 0 Å². The normalized spacial score (nSPS) is 18.9. The van der Waals surface area contributed by atoms with E-state index in [1.54, 1.807) is 19.4 Å². The van der Waals surface area contributed by atoms with E-state index in [0.29, 0.717) is 34.2 Å². The van der Waals surface area contributed by atoms with Crippen molar-refractivity contribution in [1.29, 1.82) is 0 Å². The number of unbranched alkanes of at least 4 members (excludes halogenated alkanes) is 1. The van der Waals surface area contributed by atoms with Crippen LogP contribution in [0.3, 0.4) is 0 Å². The number of aliphatic carboxylic acids is 1. The summed E-state index contributed by atoms with van der Waals surface area (Å²) in [7, 11) is 1.59. The van der Waals surface area contributed by atoms with E-state index in [9.17, 15) is 9.90 Å². The third-order valence-corrected chi connectivity index (χ3v) is 8.44. The van der Waals surface area contributed by atoms with Crippen LogP contribution in [-0.4, -0.2) is 47.7 Å². The molecule has 1 fully saturated rings. The van der Waals surface area contributed by atoms with Crippen molar-refractivity contribution in [3.05, 3.63) is 69.8 Å². The van der Waals surface area contributed by atoms with Crippen molar-refractivity contribution in [2.24, 2.45) is 11.8 Å². The molecule has 4 rings (SSSR count). The van der Waals surface area contributed by atoms with Crippen LogP contribution in [0.2, 0.25) is 10.0 Å². The molecule has 0 amide bonds. The van der Waals surface area contributed by atoms with Gasteiger partial charge in [-0.3, -0.25) is 9.78 Å². The van der Waals surface area contributed by atoms with E-state index in [1.807, 2.05) is 36.4 Å². The predicted molar refractivity (Wildman–Crippen MR) is 151 cm³/mol. The van der Waals surface area contributed by atoms with Crippen molar-refractivity contribution < 1.29 is 19.0 Å². The molecule has 2 heterocycles. The summed E-state index contributed by atoms with van der Waals surface area (Å²) in [6, 6.07) is 12.8. The first-order valence-corrected chi connectivity index (χ1v) is 14.0. The van der Waals surface area contributed by atoms with Gasteiger partial charge in [-0.25, -0.2) is 4.39 Å². The Labute approximate surface area is 233 Å². The number of piperidine rings is 1. The largest absolute Gasteiger partial charge is 0.497 e. The number of benzene rings is 2. The lowest BCUT2D eigenvalue weighted by Crippen LogP contribution is -2.41. The number of carbonyl (C=O) groups is 1. The summed E-state index contributed by atoms with van der Waals surface area (Å²) in [4.78, 5) is 18.3. The van der Waals surface area contributed by atoms with Crippen LogP contribution < -0.4 is 4.74 Å². The SMILES string of the molecule is COc1ccc2nccc(C(F)CC[C@@H]3CCN(CCCCc4c(Cl)cccc4Cl)C[C@@H]3CC(=O)O)c2c1. The number of rotatable bonds is 12. The van der Waals surface area contributed by atoms with Crippen LogP contribution >= 0.6 is 23.2 Å². The summed E-state index contributed by atoms with van der Waals surface area (Å²) >= 11 is 12.6. The van der Waals surface area contributed by atoms with Crippen LogP contribution in [0.1, 0.15) is 55.8 Å². The molecule has 1 saturated heterocycles. The second kappa shape index (κ2) is 13.6. The molecular weight excluding hydrogens is 526 g/mol. The Balaban J connectivity index is 1.31. The predicted octanol–water partition coefficient (Wildman–Crippen LogP) is 7.78.